The summed E-state index contributed by atoms with van der Waals surface area (Å²) < 4.78 is 32.3. The summed E-state index contributed by atoms with van der Waals surface area (Å²) in [7, 11) is 0. The van der Waals surface area contributed by atoms with Gasteiger partial charge in [-0.3, -0.25) is 9.59 Å². The molecule has 0 bridgehead atoms. The number of benzene rings is 2. The molecular formula is C29H36O14. The third-order valence-corrected chi connectivity index (χ3v) is 6.94. The fourth-order valence-corrected chi connectivity index (χ4v) is 4.43. The Morgan fingerprint density at radius 1 is 0.605 bits per heavy atom. The van der Waals surface area contributed by atoms with Crippen molar-refractivity contribution in [3.63, 3.8) is 0 Å². The summed E-state index contributed by atoms with van der Waals surface area (Å²) in [4.78, 5) is 24.5. The molecule has 0 aromatic heterocycles. The lowest BCUT2D eigenvalue weighted by molar-refractivity contribution is -0.304. The van der Waals surface area contributed by atoms with Crippen molar-refractivity contribution < 1.29 is 68.6 Å². The van der Waals surface area contributed by atoms with E-state index in [-0.39, 0.29) is 6.61 Å². The molecule has 14 nitrogen and oxygen atoms in total. The minimum Gasteiger partial charge on any atom is -0.463 e. The largest absolute Gasteiger partial charge is 0.463 e. The Labute approximate surface area is 246 Å². The molecular weight excluding hydrogens is 572 g/mol. The fraction of sp³-hybridized carbons (Fsp3) is 0.517. The molecule has 2 aliphatic rings. The number of rotatable bonds is 12. The molecule has 0 amide bonds. The van der Waals surface area contributed by atoms with Crippen LogP contribution in [0.4, 0.5) is 0 Å². The van der Waals surface area contributed by atoms with E-state index in [1.807, 2.05) is 6.07 Å². The van der Waals surface area contributed by atoms with E-state index in [1.165, 1.54) is 0 Å². The summed E-state index contributed by atoms with van der Waals surface area (Å²) in [5.41, 5.74) is 0.785. The van der Waals surface area contributed by atoms with Gasteiger partial charge in [-0.05, 0) is 17.7 Å². The van der Waals surface area contributed by atoms with Crippen LogP contribution >= 0.6 is 0 Å². The van der Waals surface area contributed by atoms with Gasteiger partial charge in [-0.15, -0.1) is 0 Å². The lowest BCUT2D eigenvalue weighted by Gasteiger charge is -2.40. The number of ether oxygens (including phenoxy) is 6. The zero-order valence-corrected chi connectivity index (χ0v) is 23.0. The Kier molecular flexibility index (Phi) is 11.8. The van der Waals surface area contributed by atoms with Crippen molar-refractivity contribution in [2.24, 2.45) is 0 Å². The molecule has 10 atom stereocenters. The molecule has 4 rings (SSSR count). The molecule has 2 aliphatic heterocycles. The van der Waals surface area contributed by atoms with E-state index < -0.39 is 99.4 Å². The van der Waals surface area contributed by atoms with Crippen molar-refractivity contribution in [3.05, 3.63) is 66.2 Å². The number of aliphatic hydroxyl groups excluding tert-OH is 6. The summed E-state index contributed by atoms with van der Waals surface area (Å²) in [6, 6.07) is 17.3. The maximum atomic E-state index is 12.2. The first-order valence-electron chi connectivity index (χ1n) is 13.7. The van der Waals surface area contributed by atoms with Gasteiger partial charge in [0.2, 0.25) is 6.29 Å². The molecule has 0 unspecified atom stereocenters. The highest BCUT2D eigenvalue weighted by atomic mass is 16.7. The minimum absolute atomic E-state index is 0.0587. The van der Waals surface area contributed by atoms with E-state index in [2.05, 4.69) is 0 Å². The quantitative estimate of drug-likeness (QED) is 0.156. The number of esters is 2. The molecule has 6 N–H and O–H groups in total. The van der Waals surface area contributed by atoms with Gasteiger partial charge >= 0.3 is 11.9 Å². The highest BCUT2D eigenvalue weighted by Gasteiger charge is 2.46. The van der Waals surface area contributed by atoms with Crippen molar-refractivity contribution in [2.75, 3.05) is 13.2 Å². The van der Waals surface area contributed by atoms with Crippen molar-refractivity contribution in [2.45, 2.75) is 80.9 Å². The van der Waals surface area contributed by atoms with Gasteiger partial charge in [0, 0.05) is 0 Å². The number of hydrogen-bond acceptors (Lipinski definition) is 14. The molecule has 236 valence electrons. The number of para-hydroxylation sites is 1. The lowest BCUT2D eigenvalue weighted by Crippen LogP contribution is -2.60. The van der Waals surface area contributed by atoms with Crippen molar-refractivity contribution in [1.29, 1.82) is 0 Å². The van der Waals surface area contributed by atoms with Gasteiger partial charge in [0.05, 0.1) is 19.4 Å². The Morgan fingerprint density at radius 3 is 1.60 bits per heavy atom. The van der Waals surface area contributed by atoms with E-state index >= 15 is 0 Å². The second-order valence-electron chi connectivity index (χ2n) is 10.1. The van der Waals surface area contributed by atoms with Crippen LogP contribution in [0, 0.1) is 0 Å². The predicted octanol–water partition coefficient (Wildman–Crippen LogP) is -1.24. The van der Waals surface area contributed by atoms with E-state index in [0.717, 1.165) is 5.56 Å². The van der Waals surface area contributed by atoms with E-state index in [4.69, 9.17) is 28.4 Å². The van der Waals surface area contributed by atoms with Gasteiger partial charge in [0.15, 0.2) is 6.29 Å². The van der Waals surface area contributed by atoms with Gasteiger partial charge in [-0.2, -0.15) is 0 Å². The van der Waals surface area contributed by atoms with Crippen molar-refractivity contribution in [1.82, 2.24) is 0 Å². The molecule has 2 heterocycles. The van der Waals surface area contributed by atoms with Gasteiger partial charge in [-0.1, -0.05) is 48.5 Å². The van der Waals surface area contributed by atoms with Gasteiger partial charge < -0.3 is 59.1 Å². The second kappa shape index (κ2) is 15.5. The van der Waals surface area contributed by atoms with Crippen LogP contribution in [-0.4, -0.2) is 117 Å². The summed E-state index contributed by atoms with van der Waals surface area (Å²) >= 11 is 0. The SMILES string of the molecule is O=C(CCC(=O)OC[C@H]1O[C@@H](Oc2ccccc2)[C@H](O)[C@@H](O)[C@@H]1O)OC[C@H]1O[C@H](OCc2ccccc2)[C@@H](O)[C@@H](O)[C@@H]1O. The van der Waals surface area contributed by atoms with Gasteiger partial charge in [0.25, 0.3) is 0 Å². The Hall–Kier alpha value is -3.18. The third-order valence-electron chi connectivity index (χ3n) is 6.94. The molecule has 0 aliphatic carbocycles. The average Bonchev–Trinajstić information content (AvgIpc) is 3.02. The third kappa shape index (κ3) is 8.92. The molecule has 2 fully saturated rings. The van der Waals surface area contributed by atoms with Crippen LogP contribution < -0.4 is 4.74 Å². The normalized spacial score (nSPS) is 32.5. The monoisotopic (exact) mass is 608 g/mol. The van der Waals surface area contributed by atoms with Crippen LogP contribution in [-0.2, 0) is 39.9 Å². The molecule has 2 saturated heterocycles. The smallest absolute Gasteiger partial charge is 0.306 e. The van der Waals surface area contributed by atoms with Crippen LogP contribution in [0.5, 0.6) is 5.75 Å². The van der Waals surface area contributed by atoms with Crippen LogP contribution in [0.25, 0.3) is 0 Å². The summed E-state index contributed by atoms with van der Waals surface area (Å²) in [6.45, 7) is -0.932. The van der Waals surface area contributed by atoms with Crippen molar-refractivity contribution in [3.8, 4) is 5.75 Å². The average molecular weight is 609 g/mol. The second-order valence-corrected chi connectivity index (χ2v) is 10.1. The van der Waals surface area contributed by atoms with E-state index in [9.17, 15) is 40.2 Å². The number of hydrogen-bond donors (Lipinski definition) is 6. The fourth-order valence-electron chi connectivity index (χ4n) is 4.43. The number of carbonyl (C=O) groups excluding carboxylic acids is 2. The maximum absolute atomic E-state index is 12.2. The lowest BCUT2D eigenvalue weighted by atomic mass is 9.99. The number of carbonyl (C=O) groups is 2. The molecule has 43 heavy (non-hydrogen) atoms. The Bertz CT molecular complexity index is 1150. The number of aliphatic hydroxyl groups is 6. The van der Waals surface area contributed by atoms with Gasteiger partial charge in [0.1, 0.15) is 67.8 Å². The zero-order valence-electron chi connectivity index (χ0n) is 23.0. The van der Waals surface area contributed by atoms with Crippen LogP contribution in [0.1, 0.15) is 18.4 Å². The highest BCUT2D eigenvalue weighted by molar-refractivity contribution is 5.77. The van der Waals surface area contributed by atoms with Crippen LogP contribution in [0.2, 0.25) is 0 Å². The molecule has 0 radical (unpaired) electrons. The highest BCUT2D eigenvalue weighted by Crippen LogP contribution is 2.25. The Balaban J connectivity index is 1.19. The summed E-state index contributed by atoms with van der Waals surface area (Å²) in [6.07, 6.45) is -15.4. The first-order valence-corrected chi connectivity index (χ1v) is 13.7. The maximum Gasteiger partial charge on any atom is 0.306 e. The first-order chi connectivity index (χ1) is 20.6. The molecule has 0 saturated carbocycles. The summed E-state index contributed by atoms with van der Waals surface area (Å²) in [5.74, 6) is -1.33. The van der Waals surface area contributed by atoms with Crippen LogP contribution in [0.15, 0.2) is 60.7 Å². The van der Waals surface area contributed by atoms with E-state index in [1.54, 1.807) is 54.6 Å². The predicted molar refractivity (Wildman–Crippen MR) is 143 cm³/mol. The first kappa shape index (κ1) is 32.7. The van der Waals surface area contributed by atoms with E-state index in [0.29, 0.717) is 5.75 Å². The molecule has 2 aromatic rings. The standard InChI is InChI=1S/C29H36O14/c30-20(38-14-18-22(32)24(34)26(36)28(42-18)40-13-16-7-3-1-4-8-16)11-12-21(31)39-15-19-23(33)25(35)27(37)29(43-19)41-17-9-5-2-6-10-17/h1-10,18-19,22-29,32-37H,11-15H2/t18-,19-,22-,23-,24+,25+,26+,27-,28+,29-/m1/s1. The zero-order chi connectivity index (χ0) is 30.9. The van der Waals surface area contributed by atoms with Gasteiger partial charge in [-0.25, -0.2) is 0 Å². The molecule has 2 aromatic carbocycles. The van der Waals surface area contributed by atoms with Crippen molar-refractivity contribution >= 4 is 11.9 Å². The topological polar surface area (TPSA) is 211 Å². The molecule has 14 heteroatoms. The molecule has 0 spiro atoms. The van der Waals surface area contributed by atoms with Crippen LogP contribution in [0.3, 0.4) is 0 Å². The minimum atomic E-state index is -1.64. The Morgan fingerprint density at radius 2 is 1.07 bits per heavy atom. The summed E-state index contributed by atoms with van der Waals surface area (Å²) in [5, 5.41) is 61.3.